The first kappa shape index (κ1) is 26.0. The van der Waals surface area contributed by atoms with Gasteiger partial charge in [0.2, 0.25) is 17.7 Å². The lowest BCUT2D eigenvalue weighted by Gasteiger charge is -2.23. The molecule has 0 fully saturated rings. The fourth-order valence-corrected chi connectivity index (χ4v) is 4.24. The molecule has 35 heavy (non-hydrogen) atoms. The first-order valence-electron chi connectivity index (χ1n) is 12.0. The number of fused-ring (bicyclic) bond motifs is 1. The van der Waals surface area contributed by atoms with Crippen LogP contribution < -0.4 is 16.1 Å². The van der Waals surface area contributed by atoms with E-state index in [0.717, 1.165) is 22.0 Å². The van der Waals surface area contributed by atoms with Gasteiger partial charge in [-0.15, -0.1) is 0 Å². The summed E-state index contributed by atoms with van der Waals surface area (Å²) in [7, 11) is 0. The van der Waals surface area contributed by atoms with E-state index in [1.807, 2.05) is 74.6 Å². The number of hydrogen-bond acceptors (Lipinski definition) is 4. The van der Waals surface area contributed by atoms with E-state index in [1.54, 1.807) is 5.48 Å². The standard InChI is InChI=1S/C27H34N4O4/c1-18(2)14-20(16-25(32)31-35)26(33)30-24(15-21-17-29-23-11-7-6-10-22(21)23)27(34)28-13-12-19-8-4-3-5-9-19/h3-11,17-18,20,24,29,35H,12-16H2,1-2H3,(H,28,34)(H,30,33)(H,31,32)/t20-,24+/m0/s1. The summed E-state index contributed by atoms with van der Waals surface area (Å²) in [4.78, 5) is 41.4. The lowest BCUT2D eigenvalue weighted by atomic mass is 9.92. The topological polar surface area (TPSA) is 123 Å². The average molecular weight is 479 g/mol. The Morgan fingerprint density at radius 3 is 2.40 bits per heavy atom. The number of hydrogen-bond donors (Lipinski definition) is 5. The number of carbonyl (C=O) groups is 3. The molecule has 186 valence electrons. The molecule has 0 spiro atoms. The molecule has 8 nitrogen and oxygen atoms in total. The van der Waals surface area contributed by atoms with Crippen LogP contribution in [-0.2, 0) is 27.2 Å². The molecule has 1 aromatic heterocycles. The molecule has 0 unspecified atom stereocenters. The van der Waals surface area contributed by atoms with Crippen molar-refractivity contribution in [2.45, 2.75) is 45.6 Å². The summed E-state index contributed by atoms with van der Waals surface area (Å²) in [6, 6.07) is 16.8. The molecule has 0 aliphatic rings. The van der Waals surface area contributed by atoms with E-state index in [4.69, 9.17) is 5.21 Å². The van der Waals surface area contributed by atoms with Crippen molar-refractivity contribution in [2.75, 3.05) is 6.54 Å². The molecular weight excluding hydrogens is 444 g/mol. The zero-order chi connectivity index (χ0) is 25.2. The summed E-state index contributed by atoms with van der Waals surface area (Å²) in [5.41, 5.74) is 4.57. The first-order chi connectivity index (χ1) is 16.9. The lowest BCUT2D eigenvalue weighted by Crippen LogP contribution is -2.50. The second kappa shape index (κ2) is 12.7. The van der Waals surface area contributed by atoms with Crippen molar-refractivity contribution in [1.82, 2.24) is 21.1 Å². The molecule has 1 heterocycles. The summed E-state index contributed by atoms with van der Waals surface area (Å²) >= 11 is 0. The second-order valence-electron chi connectivity index (χ2n) is 9.22. The largest absolute Gasteiger partial charge is 0.361 e. The van der Waals surface area contributed by atoms with Gasteiger partial charge >= 0.3 is 0 Å². The lowest BCUT2D eigenvalue weighted by molar-refractivity contribution is -0.136. The summed E-state index contributed by atoms with van der Waals surface area (Å²) in [5, 5.41) is 15.7. The van der Waals surface area contributed by atoms with Gasteiger partial charge in [0.05, 0.1) is 0 Å². The predicted molar refractivity (Wildman–Crippen MR) is 135 cm³/mol. The van der Waals surface area contributed by atoms with Gasteiger partial charge in [-0.25, -0.2) is 5.48 Å². The van der Waals surface area contributed by atoms with Gasteiger partial charge < -0.3 is 15.6 Å². The maximum Gasteiger partial charge on any atom is 0.244 e. The monoisotopic (exact) mass is 478 g/mol. The third-order valence-electron chi connectivity index (χ3n) is 5.97. The molecule has 0 saturated heterocycles. The highest BCUT2D eigenvalue weighted by molar-refractivity contribution is 5.91. The number of hydroxylamine groups is 1. The minimum Gasteiger partial charge on any atom is -0.361 e. The number of amides is 3. The SMILES string of the molecule is CC(C)C[C@@H](CC(=O)NO)C(=O)N[C@H](Cc1c[nH]c2ccccc12)C(=O)NCCc1ccccc1. The third-order valence-corrected chi connectivity index (χ3v) is 5.97. The average Bonchev–Trinajstić information content (AvgIpc) is 3.26. The van der Waals surface area contributed by atoms with Gasteiger partial charge in [0, 0.05) is 42.4 Å². The number of aromatic nitrogens is 1. The fraction of sp³-hybridized carbons (Fsp3) is 0.370. The van der Waals surface area contributed by atoms with E-state index in [0.29, 0.717) is 25.8 Å². The molecule has 5 N–H and O–H groups in total. The maximum absolute atomic E-state index is 13.2. The molecule has 3 rings (SSSR count). The molecule has 0 saturated carbocycles. The number of H-pyrrole nitrogens is 1. The van der Waals surface area contributed by atoms with E-state index in [9.17, 15) is 14.4 Å². The Labute approximate surface area is 205 Å². The highest BCUT2D eigenvalue weighted by Crippen LogP contribution is 2.20. The molecule has 0 aliphatic heterocycles. The Kier molecular flexibility index (Phi) is 9.43. The van der Waals surface area contributed by atoms with Gasteiger partial charge in [0.25, 0.3) is 0 Å². The van der Waals surface area contributed by atoms with Gasteiger partial charge in [-0.05, 0) is 36.0 Å². The van der Waals surface area contributed by atoms with E-state index in [-0.39, 0.29) is 24.2 Å². The van der Waals surface area contributed by atoms with Crippen molar-refractivity contribution in [2.24, 2.45) is 11.8 Å². The van der Waals surface area contributed by atoms with E-state index >= 15 is 0 Å². The molecule has 3 aromatic rings. The molecule has 8 heteroatoms. The van der Waals surface area contributed by atoms with Gasteiger partial charge in [0.1, 0.15) is 6.04 Å². The predicted octanol–water partition coefficient (Wildman–Crippen LogP) is 3.11. The van der Waals surface area contributed by atoms with Crippen LogP contribution in [0.3, 0.4) is 0 Å². The van der Waals surface area contributed by atoms with Crippen LogP contribution in [-0.4, -0.2) is 40.5 Å². The molecule has 2 aromatic carbocycles. The Bertz CT molecular complexity index is 1130. The van der Waals surface area contributed by atoms with Crippen molar-refractivity contribution in [3.05, 3.63) is 71.9 Å². The Morgan fingerprint density at radius 1 is 0.971 bits per heavy atom. The number of nitrogens with one attached hydrogen (secondary N) is 4. The Balaban J connectivity index is 1.75. The van der Waals surface area contributed by atoms with Crippen molar-refractivity contribution in [3.8, 4) is 0 Å². The number of carbonyl (C=O) groups excluding carboxylic acids is 3. The van der Waals surface area contributed by atoms with Crippen LogP contribution in [0.5, 0.6) is 0 Å². The Hall–Kier alpha value is -3.65. The zero-order valence-corrected chi connectivity index (χ0v) is 20.2. The van der Waals surface area contributed by atoms with Crippen LogP contribution in [0.15, 0.2) is 60.8 Å². The van der Waals surface area contributed by atoms with Crippen LogP contribution in [0, 0.1) is 11.8 Å². The maximum atomic E-state index is 13.2. The van der Waals surface area contributed by atoms with Crippen molar-refractivity contribution in [3.63, 3.8) is 0 Å². The zero-order valence-electron chi connectivity index (χ0n) is 20.2. The van der Waals surface area contributed by atoms with Crippen molar-refractivity contribution in [1.29, 1.82) is 0 Å². The number of para-hydroxylation sites is 1. The molecule has 3 amide bonds. The highest BCUT2D eigenvalue weighted by atomic mass is 16.5. The molecular formula is C27H34N4O4. The van der Waals surface area contributed by atoms with Gasteiger partial charge in [0.15, 0.2) is 0 Å². The minimum absolute atomic E-state index is 0.156. The number of aromatic amines is 1. The number of benzene rings is 2. The fourth-order valence-electron chi connectivity index (χ4n) is 4.24. The summed E-state index contributed by atoms with van der Waals surface area (Å²) in [5.74, 6) is -1.81. The second-order valence-corrected chi connectivity index (χ2v) is 9.22. The van der Waals surface area contributed by atoms with Crippen LogP contribution in [0.2, 0.25) is 0 Å². The number of rotatable bonds is 12. The molecule has 0 radical (unpaired) electrons. The van der Waals surface area contributed by atoms with Gasteiger partial charge in [-0.2, -0.15) is 0 Å². The minimum atomic E-state index is -0.815. The highest BCUT2D eigenvalue weighted by Gasteiger charge is 2.28. The quantitative estimate of drug-likeness (QED) is 0.203. The summed E-state index contributed by atoms with van der Waals surface area (Å²) < 4.78 is 0. The van der Waals surface area contributed by atoms with Crippen LogP contribution in [0.1, 0.15) is 37.8 Å². The third kappa shape index (κ3) is 7.68. The first-order valence-corrected chi connectivity index (χ1v) is 12.0. The van der Waals surface area contributed by atoms with E-state index in [2.05, 4.69) is 15.6 Å². The van der Waals surface area contributed by atoms with Crippen LogP contribution >= 0.6 is 0 Å². The molecule has 2 atom stereocenters. The molecule has 0 aliphatic carbocycles. The Morgan fingerprint density at radius 2 is 1.69 bits per heavy atom. The van der Waals surface area contributed by atoms with Crippen molar-refractivity contribution >= 4 is 28.6 Å². The van der Waals surface area contributed by atoms with E-state index < -0.39 is 17.9 Å². The normalized spacial score (nSPS) is 12.8. The van der Waals surface area contributed by atoms with Crippen molar-refractivity contribution < 1.29 is 19.6 Å². The van der Waals surface area contributed by atoms with Gasteiger partial charge in [-0.1, -0.05) is 62.4 Å². The smallest absolute Gasteiger partial charge is 0.244 e. The van der Waals surface area contributed by atoms with E-state index in [1.165, 1.54) is 0 Å². The summed E-state index contributed by atoms with van der Waals surface area (Å²) in [6.45, 7) is 4.35. The van der Waals surface area contributed by atoms with Crippen LogP contribution in [0.25, 0.3) is 10.9 Å². The van der Waals surface area contributed by atoms with Crippen LogP contribution in [0.4, 0.5) is 0 Å². The van der Waals surface area contributed by atoms with Gasteiger partial charge in [-0.3, -0.25) is 19.6 Å². The molecule has 0 bridgehead atoms. The summed E-state index contributed by atoms with van der Waals surface area (Å²) in [6.07, 6.45) is 3.12.